The molecule has 0 fully saturated rings. The first kappa shape index (κ1) is 16.2. The Morgan fingerprint density at radius 1 is 1.30 bits per heavy atom. The topological polar surface area (TPSA) is 95.1 Å². The maximum absolute atomic E-state index is 11.9. The Labute approximate surface area is 119 Å². The molecule has 0 saturated heterocycles. The lowest BCUT2D eigenvalue weighted by molar-refractivity contribution is -0.147. The van der Waals surface area contributed by atoms with Crippen LogP contribution >= 0.6 is 0 Å². The predicted octanol–water partition coefficient (Wildman–Crippen LogP) is 1.94. The molecule has 0 aliphatic carbocycles. The van der Waals surface area contributed by atoms with Gasteiger partial charge < -0.3 is 10.4 Å². The molecular formula is C14H23N3O3. The summed E-state index contributed by atoms with van der Waals surface area (Å²) in [5.41, 5.74) is 0.253. The van der Waals surface area contributed by atoms with Crippen LogP contribution in [0.4, 0.5) is 0 Å². The summed E-state index contributed by atoms with van der Waals surface area (Å²) in [7, 11) is 0. The van der Waals surface area contributed by atoms with Crippen LogP contribution in [0.25, 0.3) is 0 Å². The molecule has 6 nitrogen and oxygen atoms in total. The third-order valence-electron chi connectivity index (χ3n) is 3.23. The minimum Gasteiger partial charge on any atom is -0.481 e. The van der Waals surface area contributed by atoms with E-state index in [0.29, 0.717) is 18.7 Å². The second-order valence-electron chi connectivity index (χ2n) is 6.61. The molecule has 1 aromatic heterocycles. The lowest BCUT2D eigenvalue weighted by Gasteiger charge is -2.18. The van der Waals surface area contributed by atoms with Crippen molar-refractivity contribution in [2.75, 3.05) is 6.54 Å². The number of nitrogens with one attached hydrogen (secondary N) is 2. The molecule has 0 unspecified atom stereocenters. The van der Waals surface area contributed by atoms with Crippen LogP contribution in [0.15, 0.2) is 6.07 Å². The van der Waals surface area contributed by atoms with Gasteiger partial charge in [-0.2, -0.15) is 5.10 Å². The van der Waals surface area contributed by atoms with Crippen LogP contribution in [-0.4, -0.2) is 33.7 Å². The van der Waals surface area contributed by atoms with E-state index in [1.165, 1.54) is 0 Å². The van der Waals surface area contributed by atoms with E-state index in [9.17, 15) is 9.59 Å². The standard InChI is InChI=1S/C14H23N3O3/c1-13(2,3)10-8-9(16-17-10)11(18)15-7-6-14(4,5)12(19)20/h8H,6-7H2,1-5H3,(H,15,18)(H,16,17)(H,19,20). The fourth-order valence-corrected chi connectivity index (χ4v) is 1.51. The number of aromatic amines is 1. The molecule has 1 heterocycles. The largest absolute Gasteiger partial charge is 0.481 e. The molecule has 0 aliphatic heterocycles. The molecule has 3 N–H and O–H groups in total. The third kappa shape index (κ3) is 4.08. The SMILES string of the molecule is CC(C)(CCNC(=O)c1cc(C(C)(C)C)[nH]n1)C(=O)O. The lowest BCUT2D eigenvalue weighted by atomic mass is 9.90. The second-order valence-corrected chi connectivity index (χ2v) is 6.61. The van der Waals surface area contributed by atoms with Gasteiger partial charge >= 0.3 is 5.97 Å². The Bertz CT molecular complexity index is 498. The van der Waals surface area contributed by atoms with Gasteiger partial charge in [0, 0.05) is 17.7 Å². The number of rotatable bonds is 5. The maximum Gasteiger partial charge on any atom is 0.309 e. The molecule has 0 aliphatic rings. The smallest absolute Gasteiger partial charge is 0.309 e. The van der Waals surface area contributed by atoms with E-state index >= 15 is 0 Å². The number of carbonyl (C=O) groups is 2. The Morgan fingerprint density at radius 3 is 2.35 bits per heavy atom. The molecule has 20 heavy (non-hydrogen) atoms. The summed E-state index contributed by atoms with van der Waals surface area (Å²) in [6.45, 7) is 9.64. The zero-order valence-corrected chi connectivity index (χ0v) is 12.7. The Morgan fingerprint density at radius 2 is 1.90 bits per heavy atom. The second kappa shape index (κ2) is 5.64. The molecule has 0 atom stereocenters. The quantitative estimate of drug-likeness (QED) is 0.768. The first-order valence-corrected chi connectivity index (χ1v) is 6.61. The lowest BCUT2D eigenvalue weighted by Crippen LogP contribution is -2.32. The molecular weight excluding hydrogens is 258 g/mol. The van der Waals surface area contributed by atoms with Crippen LogP contribution in [0.5, 0.6) is 0 Å². The van der Waals surface area contributed by atoms with E-state index in [1.54, 1.807) is 19.9 Å². The normalized spacial score (nSPS) is 12.2. The number of amides is 1. The summed E-state index contributed by atoms with van der Waals surface area (Å²) in [4.78, 5) is 22.9. The van der Waals surface area contributed by atoms with Gasteiger partial charge in [0.05, 0.1) is 5.41 Å². The molecule has 1 rings (SSSR count). The highest BCUT2D eigenvalue weighted by Crippen LogP contribution is 2.21. The van der Waals surface area contributed by atoms with Crippen LogP contribution in [0, 0.1) is 5.41 Å². The Balaban J connectivity index is 2.56. The van der Waals surface area contributed by atoms with Crippen molar-refractivity contribution < 1.29 is 14.7 Å². The highest BCUT2D eigenvalue weighted by Gasteiger charge is 2.27. The number of nitrogens with zero attached hydrogens (tertiary/aromatic N) is 1. The van der Waals surface area contributed by atoms with Crippen LogP contribution < -0.4 is 5.32 Å². The van der Waals surface area contributed by atoms with Crippen LogP contribution in [0.3, 0.4) is 0 Å². The number of carboxylic acids is 1. The summed E-state index contributed by atoms with van der Waals surface area (Å²) < 4.78 is 0. The van der Waals surface area contributed by atoms with Crippen molar-refractivity contribution in [1.29, 1.82) is 0 Å². The summed E-state index contributed by atoms with van der Waals surface area (Å²) in [6, 6.07) is 1.72. The molecule has 0 radical (unpaired) electrons. The van der Waals surface area contributed by atoms with Gasteiger partial charge in [0.2, 0.25) is 0 Å². The molecule has 0 saturated carbocycles. The highest BCUT2D eigenvalue weighted by molar-refractivity contribution is 5.92. The van der Waals surface area contributed by atoms with E-state index in [1.807, 2.05) is 20.8 Å². The summed E-state index contributed by atoms with van der Waals surface area (Å²) in [6.07, 6.45) is 0.366. The van der Waals surface area contributed by atoms with E-state index < -0.39 is 11.4 Å². The number of carbonyl (C=O) groups excluding carboxylic acids is 1. The molecule has 0 spiro atoms. The minimum atomic E-state index is -0.874. The van der Waals surface area contributed by atoms with Gasteiger partial charge in [0.1, 0.15) is 5.69 Å². The first-order chi connectivity index (χ1) is 9.04. The molecule has 6 heteroatoms. The highest BCUT2D eigenvalue weighted by atomic mass is 16.4. The van der Waals surface area contributed by atoms with Gasteiger partial charge in [-0.05, 0) is 26.3 Å². The van der Waals surface area contributed by atoms with Crippen molar-refractivity contribution in [2.24, 2.45) is 5.41 Å². The zero-order valence-electron chi connectivity index (χ0n) is 12.7. The van der Waals surface area contributed by atoms with Gasteiger partial charge in [-0.1, -0.05) is 20.8 Å². The van der Waals surface area contributed by atoms with Crippen molar-refractivity contribution >= 4 is 11.9 Å². The van der Waals surface area contributed by atoms with Gasteiger partial charge in [0.25, 0.3) is 5.91 Å². The van der Waals surface area contributed by atoms with E-state index in [2.05, 4.69) is 15.5 Å². The van der Waals surface area contributed by atoms with Crippen LogP contribution in [0.2, 0.25) is 0 Å². The summed E-state index contributed by atoms with van der Waals surface area (Å²) >= 11 is 0. The van der Waals surface area contributed by atoms with Crippen molar-refractivity contribution in [3.8, 4) is 0 Å². The van der Waals surface area contributed by atoms with Gasteiger partial charge in [-0.15, -0.1) is 0 Å². The van der Waals surface area contributed by atoms with Gasteiger partial charge in [-0.25, -0.2) is 0 Å². The number of aromatic nitrogens is 2. The molecule has 1 aromatic rings. The van der Waals surface area contributed by atoms with Crippen molar-refractivity contribution in [1.82, 2.24) is 15.5 Å². The average Bonchev–Trinajstić information content (AvgIpc) is 2.77. The number of aliphatic carboxylic acids is 1. The first-order valence-electron chi connectivity index (χ1n) is 6.61. The Hall–Kier alpha value is -1.85. The van der Waals surface area contributed by atoms with E-state index in [4.69, 9.17) is 5.11 Å². The minimum absolute atomic E-state index is 0.100. The Kier molecular flexibility index (Phi) is 4.57. The fraction of sp³-hybridized carbons (Fsp3) is 0.643. The van der Waals surface area contributed by atoms with E-state index in [0.717, 1.165) is 5.69 Å². The number of H-pyrrole nitrogens is 1. The number of carboxylic acid groups (broad SMARTS) is 1. The number of hydrogen-bond acceptors (Lipinski definition) is 3. The van der Waals surface area contributed by atoms with Crippen LogP contribution in [-0.2, 0) is 10.2 Å². The molecule has 0 aromatic carbocycles. The van der Waals surface area contributed by atoms with E-state index in [-0.39, 0.29) is 11.3 Å². The average molecular weight is 281 g/mol. The molecule has 1 amide bonds. The summed E-state index contributed by atoms with van der Waals surface area (Å²) in [5, 5.41) is 18.5. The van der Waals surface area contributed by atoms with Crippen molar-refractivity contribution in [3.63, 3.8) is 0 Å². The van der Waals surface area contributed by atoms with Crippen molar-refractivity contribution in [2.45, 2.75) is 46.5 Å². The van der Waals surface area contributed by atoms with Gasteiger partial charge in [-0.3, -0.25) is 14.7 Å². The van der Waals surface area contributed by atoms with Gasteiger partial charge in [0.15, 0.2) is 0 Å². The summed E-state index contributed by atoms with van der Waals surface area (Å²) in [5.74, 6) is -1.17. The molecule has 112 valence electrons. The fourth-order valence-electron chi connectivity index (χ4n) is 1.51. The monoisotopic (exact) mass is 281 g/mol. The molecule has 0 bridgehead atoms. The predicted molar refractivity (Wildman–Crippen MR) is 75.7 cm³/mol. The number of hydrogen-bond donors (Lipinski definition) is 3. The zero-order chi connectivity index (χ0) is 15.6. The van der Waals surface area contributed by atoms with Crippen LogP contribution in [0.1, 0.15) is 57.2 Å². The third-order valence-corrected chi connectivity index (χ3v) is 3.23. The van der Waals surface area contributed by atoms with Crippen molar-refractivity contribution in [3.05, 3.63) is 17.5 Å². The maximum atomic E-state index is 11.9.